The standard InChI is InChI=1S/C67H108O6/c1-4-7-10-13-16-19-22-25-27-28-29-30-31-32-33-34-35-36-37-38-40-42-45-48-51-54-57-60-66(69)72-63-64(62-71-65(68)59-56-53-50-47-44-41-24-21-18-15-12-9-6-3)73-67(70)61-58-55-52-49-46-43-39-26-23-20-17-14-11-8-5-2/h8-9,11-12,17-18,20-22,25-26,28-29,31-32,39,41,44,46,49-50,53,64H,4-7,10,13-16,19,23-24,27,30,33-38,40,42-43,45,47-48,51-52,54-63H2,1-3H3/b11-8-,12-9-,20-17-,21-18-,25-22-,29-28-,32-31-,39-26-,44-41-,49-46-,53-50-. The Morgan fingerprint density at radius 2 is 0.562 bits per heavy atom. The van der Waals surface area contributed by atoms with Gasteiger partial charge in [-0.05, 0) is 122 Å². The van der Waals surface area contributed by atoms with Gasteiger partial charge in [0.2, 0.25) is 0 Å². The summed E-state index contributed by atoms with van der Waals surface area (Å²) >= 11 is 0. The van der Waals surface area contributed by atoms with E-state index in [0.717, 1.165) is 96.3 Å². The Balaban J connectivity index is 4.37. The third-order valence-corrected chi connectivity index (χ3v) is 12.1. The van der Waals surface area contributed by atoms with Crippen LogP contribution in [-0.4, -0.2) is 37.2 Å². The fourth-order valence-corrected chi connectivity index (χ4v) is 7.75. The van der Waals surface area contributed by atoms with Crippen molar-refractivity contribution in [2.45, 2.75) is 258 Å². The zero-order chi connectivity index (χ0) is 52.9. The molecular formula is C67H108O6. The van der Waals surface area contributed by atoms with Crippen LogP contribution in [0.5, 0.6) is 0 Å². The van der Waals surface area contributed by atoms with E-state index in [4.69, 9.17) is 14.2 Å². The molecule has 0 rings (SSSR count). The molecule has 0 aliphatic heterocycles. The molecule has 0 aromatic heterocycles. The van der Waals surface area contributed by atoms with Gasteiger partial charge in [0.1, 0.15) is 13.2 Å². The van der Waals surface area contributed by atoms with E-state index in [0.29, 0.717) is 19.3 Å². The predicted octanol–water partition coefficient (Wildman–Crippen LogP) is 20.2. The lowest BCUT2D eigenvalue weighted by Gasteiger charge is -2.18. The highest BCUT2D eigenvalue weighted by Gasteiger charge is 2.19. The molecule has 0 spiro atoms. The van der Waals surface area contributed by atoms with Crippen LogP contribution < -0.4 is 0 Å². The van der Waals surface area contributed by atoms with Crippen LogP contribution in [-0.2, 0) is 28.6 Å². The van der Waals surface area contributed by atoms with E-state index in [-0.39, 0.29) is 44.0 Å². The van der Waals surface area contributed by atoms with E-state index < -0.39 is 6.10 Å². The number of hydrogen-bond acceptors (Lipinski definition) is 6. The summed E-state index contributed by atoms with van der Waals surface area (Å²) in [6, 6.07) is 0. The van der Waals surface area contributed by atoms with Crippen molar-refractivity contribution in [3.05, 3.63) is 134 Å². The molecule has 1 atom stereocenters. The average Bonchev–Trinajstić information content (AvgIpc) is 3.39. The summed E-state index contributed by atoms with van der Waals surface area (Å²) in [7, 11) is 0. The Kier molecular flexibility index (Phi) is 56.4. The topological polar surface area (TPSA) is 78.9 Å². The molecule has 0 heterocycles. The fourth-order valence-electron chi connectivity index (χ4n) is 7.75. The molecule has 0 N–H and O–H groups in total. The quantitative estimate of drug-likeness (QED) is 0.0261. The molecule has 73 heavy (non-hydrogen) atoms. The first-order chi connectivity index (χ1) is 36.0. The molecule has 0 bridgehead atoms. The first kappa shape index (κ1) is 68.6. The van der Waals surface area contributed by atoms with Gasteiger partial charge < -0.3 is 14.2 Å². The van der Waals surface area contributed by atoms with Gasteiger partial charge in [-0.25, -0.2) is 0 Å². The number of carbonyl (C=O) groups is 3. The molecule has 0 saturated carbocycles. The monoisotopic (exact) mass is 1010 g/mol. The number of unbranched alkanes of at least 4 members (excludes halogenated alkanes) is 19. The lowest BCUT2D eigenvalue weighted by atomic mass is 10.0. The van der Waals surface area contributed by atoms with Crippen molar-refractivity contribution < 1.29 is 28.6 Å². The number of allylic oxidation sites excluding steroid dienone is 22. The van der Waals surface area contributed by atoms with Crippen LogP contribution in [0.2, 0.25) is 0 Å². The van der Waals surface area contributed by atoms with Crippen LogP contribution in [0.1, 0.15) is 252 Å². The lowest BCUT2D eigenvalue weighted by molar-refractivity contribution is -0.166. The summed E-state index contributed by atoms with van der Waals surface area (Å²) in [5, 5.41) is 0. The Labute approximate surface area is 449 Å². The molecule has 0 saturated heterocycles. The summed E-state index contributed by atoms with van der Waals surface area (Å²) in [5.41, 5.74) is 0. The maximum absolute atomic E-state index is 12.8. The highest BCUT2D eigenvalue weighted by molar-refractivity contribution is 5.71. The van der Waals surface area contributed by atoms with E-state index in [1.807, 2.05) is 12.2 Å². The van der Waals surface area contributed by atoms with Crippen molar-refractivity contribution in [1.82, 2.24) is 0 Å². The van der Waals surface area contributed by atoms with Crippen LogP contribution >= 0.6 is 0 Å². The van der Waals surface area contributed by atoms with Gasteiger partial charge in [0.15, 0.2) is 6.10 Å². The van der Waals surface area contributed by atoms with Gasteiger partial charge in [-0.3, -0.25) is 14.4 Å². The van der Waals surface area contributed by atoms with Crippen molar-refractivity contribution >= 4 is 17.9 Å². The summed E-state index contributed by atoms with van der Waals surface area (Å²) in [4.78, 5) is 38.1. The molecule has 0 amide bonds. The van der Waals surface area contributed by atoms with Gasteiger partial charge in [-0.15, -0.1) is 0 Å². The average molecular weight is 1010 g/mol. The van der Waals surface area contributed by atoms with Gasteiger partial charge in [-0.1, -0.05) is 244 Å². The van der Waals surface area contributed by atoms with Crippen molar-refractivity contribution in [3.8, 4) is 0 Å². The van der Waals surface area contributed by atoms with Crippen molar-refractivity contribution in [2.75, 3.05) is 13.2 Å². The van der Waals surface area contributed by atoms with E-state index in [1.165, 1.54) is 103 Å². The van der Waals surface area contributed by atoms with Crippen molar-refractivity contribution in [2.24, 2.45) is 0 Å². The minimum atomic E-state index is -0.834. The minimum Gasteiger partial charge on any atom is -0.462 e. The maximum Gasteiger partial charge on any atom is 0.306 e. The normalized spacial score (nSPS) is 13.1. The first-order valence-corrected chi connectivity index (χ1v) is 29.7. The molecule has 0 aromatic rings. The summed E-state index contributed by atoms with van der Waals surface area (Å²) in [5.74, 6) is -1.05. The Hall–Kier alpha value is -4.45. The van der Waals surface area contributed by atoms with E-state index in [9.17, 15) is 14.4 Å². The van der Waals surface area contributed by atoms with Crippen molar-refractivity contribution in [1.29, 1.82) is 0 Å². The Morgan fingerprint density at radius 3 is 0.945 bits per heavy atom. The summed E-state index contributed by atoms with van der Waals surface area (Å²) < 4.78 is 16.7. The Bertz CT molecular complexity index is 1580. The highest BCUT2D eigenvalue weighted by atomic mass is 16.6. The predicted molar refractivity (Wildman–Crippen MR) is 316 cm³/mol. The van der Waals surface area contributed by atoms with E-state index in [2.05, 4.69) is 142 Å². The zero-order valence-corrected chi connectivity index (χ0v) is 47.1. The molecule has 0 fully saturated rings. The molecular weight excluding hydrogens is 901 g/mol. The van der Waals surface area contributed by atoms with Crippen LogP contribution in [0, 0.1) is 0 Å². The third kappa shape index (κ3) is 58.3. The molecule has 1 unspecified atom stereocenters. The number of carbonyl (C=O) groups excluding carboxylic acids is 3. The van der Waals surface area contributed by atoms with Gasteiger partial charge in [0.25, 0.3) is 0 Å². The largest absolute Gasteiger partial charge is 0.462 e. The number of esters is 3. The zero-order valence-electron chi connectivity index (χ0n) is 47.1. The second-order valence-electron chi connectivity index (χ2n) is 19.1. The maximum atomic E-state index is 12.8. The Morgan fingerprint density at radius 1 is 0.288 bits per heavy atom. The van der Waals surface area contributed by atoms with Crippen LogP contribution in [0.15, 0.2) is 134 Å². The summed E-state index contributed by atoms with van der Waals surface area (Å²) in [6.45, 7) is 6.29. The third-order valence-electron chi connectivity index (χ3n) is 12.1. The van der Waals surface area contributed by atoms with Crippen LogP contribution in [0.25, 0.3) is 0 Å². The molecule has 6 nitrogen and oxygen atoms in total. The number of ether oxygens (including phenoxy) is 3. The molecule has 0 aromatic carbocycles. The van der Waals surface area contributed by atoms with Gasteiger partial charge in [0.05, 0.1) is 0 Å². The molecule has 0 radical (unpaired) electrons. The highest BCUT2D eigenvalue weighted by Crippen LogP contribution is 2.14. The van der Waals surface area contributed by atoms with Gasteiger partial charge in [-0.2, -0.15) is 0 Å². The first-order valence-electron chi connectivity index (χ1n) is 29.7. The SMILES string of the molecule is CC/C=C\C/C=C\C/C=C\C/C=C\CCCCC(=O)OC(COC(=O)CC/C=C\C/C=C\C/C=C\C/C=C\CC)COC(=O)CCCCCCCCCCCCCC/C=C\C/C=C\C/C=C\CCCCCCC. The van der Waals surface area contributed by atoms with Gasteiger partial charge in [0, 0.05) is 19.3 Å². The van der Waals surface area contributed by atoms with Gasteiger partial charge >= 0.3 is 17.9 Å². The second-order valence-corrected chi connectivity index (χ2v) is 19.1. The molecule has 6 heteroatoms. The molecule has 0 aliphatic rings. The lowest BCUT2D eigenvalue weighted by Crippen LogP contribution is -2.30. The molecule has 412 valence electrons. The number of hydrogen-bond donors (Lipinski definition) is 0. The van der Waals surface area contributed by atoms with Crippen molar-refractivity contribution in [3.63, 3.8) is 0 Å². The van der Waals surface area contributed by atoms with Crippen LogP contribution in [0.3, 0.4) is 0 Å². The smallest absolute Gasteiger partial charge is 0.306 e. The number of rotatable bonds is 52. The van der Waals surface area contributed by atoms with E-state index >= 15 is 0 Å². The minimum absolute atomic E-state index is 0.122. The second kappa shape index (κ2) is 60.1. The summed E-state index contributed by atoms with van der Waals surface area (Å²) in [6.07, 6.45) is 84.8. The fraction of sp³-hybridized carbons (Fsp3) is 0.627. The van der Waals surface area contributed by atoms with E-state index in [1.54, 1.807) is 0 Å². The van der Waals surface area contributed by atoms with Crippen LogP contribution in [0.4, 0.5) is 0 Å². The molecule has 0 aliphatic carbocycles.